The Morgan fingerprint density at radius 3 is 2.58 bits per heavy atom. The van der Waals surface area contributed by atoms with Crippen LogP contribution in [-0.4, -0.2) is 31.5 Å². The van der Waals surface area contributed by atoms with E-state index in [-0.39, 0.29) is 42.2 Å². The van der Waals surface area contributed by atoms with Gasteiger partial charge in [-0.2, -0.15) is 0 Å². The van der Waals surface area contributed by atoms with Crippen molar-refractivity contribution >= 4 is 35.8 Å². The Morgan fingerprint density at radius 1 is 1.21 bits per heavy atom. The summed E-state index contributed by atoms with van der Waals surface area (Å²) < 4.78 is 13.6. The maximum atomic E-state index is 13.6. The number of halogens is 2. The molecule has 0 atom stereocenters. The molecule has 0 heterocycles. The van der Waals surface area contributed by atoms with Crippen molar-refractivity contribution in [2.75, 3.05) is 13.6 Å². The number of benzene rings is 1. The van der Waals surface area contributed by atoms with Gasteiger partial charge in [0.1, 0.15) is 5.82 Å². The van der Waals surface area contributed by atoms with Gasteiger partial charge in [-0.1, -0.05) is 37.5 Å². The molecule has 1 aromatic carbocycles. The molecule has 0 unspecified atom stereocenters. The molecule has 2 rings (SSSR count). The predicted octanol–water partition coefficient (Wildman–Crippen LogP) is 2.56. The number of carbonyl (C=O) groups excluding carboxylic acids is 1. The first-order chi connectivity index (χ1) is 11.2. The molecule has 0 aromatic heterocycles. The summed E-state index contributed by atoms with van der Waals surface area (Å²) in [7, 11) is 1.62. The molecule has 1 fully saturated rings. The summed E-state index contributed by atoms with van der Waals surface area (Å²) in [5.41, 5.74) is 0.558. The summed E-state index contributed by atoms with van der Waals surface area (Å²) in [6.45, 7) is 0.476. The highest BCUT2D eigenvalue weighted by atomic mass is 127. The molecule has 5 nitrogen and oxygen atoms in total. The largest absolute Gasteiger partial charge is 0.352 e. The van der Waals surface area contributed by atoms with E-state index in [4.69, 9.17) is 0 Å². The monoisotopic (exact) mass is 448 g/mol. The molecule has 1 aliphatic rings. The van der Waals surface area contributed by atoms with Gasteiger partial charge in [0.2, 0.25) is 5.91 Å². The van der Waals surface area contributed by atoms with E-state index in [0.717, 1.165) is 12.8 Å². The van der Waals surface area contributed by atoms with Crippen LogP contribution in [-0.2, 0) is 11.3 Å². The number of hydrogen-bond donors (Lipinski definition) is 3. The first-order valence-electron chi connectivity index (χ1n) is 8.16. The Hall–Kier alpha value is -1.38. The van der Waals surface area contributed by atoms with E-state index in [1.807, 2.05) is 0 Å². The van der Waals surface area contributed by atoms with Gasteiger partial charge in [-0.3, -0.25) is 9.79 Å². The van der Waals surface area contributed by atoms with Gasteiger partial charge in [-0.25, -0.2) is 4.39 Å². The predicted molar refractivity (Wildman–Crippen MR) is 105 cm³/mol. The van der Waals surface area contributed by atoms with Gasteiger partial charge >= 0.3 is 0 Å². The molecule has 0 spiro atoms. The second kappa shape index (κ2) is 11.2. The average Bonchev–Trinajstić information content (AvgIpc) is 2.57. The van der Waals surface area contributed by atoms with E-state index in [9.17, 15) is 9.18 Å². The van der Waals surface area contributed by atoms with Crippen molar-refractivity contribution < 1.29 is 9.18 Å². The van der Waals surface area contributed by atoms with Crippen LogP contribution in [0.2, 0.25) is 0 Å². The first kappa shape index (κ1) is 20.7. The Balaban J connectivity index is 0.00000288. The molecule has 1 aromatic rings. The number of rotatable bonds is 5. The minimum absolute atomic E-state index is 0. The molecule has 1 aliphatic carbocycles. The fraction of sp³-hybridized carbons (Fsp3) is 0.529. The summed E-state index contributed by atoms with van der Waals surface area (Å²) in [5.74, 6) is 0.184. The maximum absolute atomic E-state index is 13.6. The Morgan fingerprint density at radius 2 is 1.92 bits per heavy atom. The van der Waals surface area contributed by atoms with Crippen LogP contribution < -0.4 is 16.0 Å². The lowest BCUT2D eigenvalue weighted by molar-refractivity contribution is -0.120. The third-order valence-electron chi connectivity index (χ3n) is 4.01. The van der Waals surface area contributed by atoms with Gasteiger partial charge in [-0.15, -0.1) is 24.0 Å². The van der Waals surface area contributed by atoms with Crippen molar-refractivity contribution in [3.05, 3.63) is 35.6 Å². The normalized spacial score (nSPS) is 15.3. The van der Waals surface area contributed by atoms with Crippen molar-refractivity contribution in [2.24, 2.45) is 4.99 Å². The van der Waals surface area contributed by atoms with Gasteiger partial charge in [0, 0.05) is 25.2 Å². The van der Waals surface area contributed by atoms with E-state index >= 15 is 0 Å². The highest BCUT2D eigenvalue weighted by Crippen LogP contribution is 2.17. The smallest absolute Gasteiger partial charge is 0.239 e. The van der Waals surface area contributed by atoms with E-state index in [1.165, 1.54) is 25.3 Å². The van der Waals surface area contributed by atoms with Crippen molar-refractivity contribution in [3.63, 3.8) is 0 Å². The quantitative estimate of drug-likeness (QED) is 0.369. The zero-order valence-electron chi connectivity index (χ0n) is 14.0. The van der Waals surface area contributed by atoms with E-state index in [2.05, 4.69) is 20.9 Å². The lowest BCUT2D eigenvalue weighted by Gasteiger charge is -2.23. The van der Waals surface area contributed by atoms with Gasteiger partial charge in [0.15, 0.2) is 5.96 Å². The molecule has 24 heavy (non-hydrogen) atoms. The van der Waals surface area contributed by atoms with E-state index < -0.39 is 0 Å². The van der Waals surface area contributed by atoms with E-state index in [0.29, 0.717) is 24.1 Å². The summed E-state index contributed by atoms with van der Waals surface area (Å²) >= 11 is 0. The van der Waals surface area contributed by atoms with Crippen LogP contribution in [0, 0.1) is 5.82 Å². The topological polar surface area (TPSA) is 65.5 Å². The van der Waals surface area contributed by atoms with Crippen molar-refractivity contribution in [1.29, 1.82) is 0 Å². The molecule has 134 valence electrons. The number of nitrogens with zero attached hydrogens (tertiary/aromatic N) is 1. The Kier molecular flexibility index (Phi) is 9.66. The number of aliphatic imine (C=N–C) groups is 1. The number of hydrogen-bond acceptors (Lipinski definition) is 2. The van der Waals surface area contributed by atoms with Crippen LogP contribution in [0.3, 0.4) is 0 Å². The summed E-state index contributed by atoms with van der Waals surface area (Å²) in [6, 6.07) is 6.87. The standard InChI is InChI=1S/C17H25FN4O.HI/c1-19-17(20-11-13-7-5-6-10-15(13)18)21-12-16(23)22-14-8-3-2-4-9-14;/h5-7,10,14H,2-4,8-9,11-12H2,1H3,(H,22,23)(H2,19,20,21);1H. The van der Waals surface area contributed by atoms with Crippen LogP contribution >= 0.6 is 24.0 Å². The van der Waals surface area contributed by atoms with Crippen molar-refractivity contribution in [2.45, 2.75) is 44.7 Å². The second-order valence-corrected chi connectivity index (χ2v) is 5.77. The fourth-order valence-electron chi connectivity index (χ4n) is 2.73. The minimum Gasteiger partial charge on any atom is -0.352 e. The van der Waals surface area contributed by atoms with Gasteiger partial charge in [0.05, 0.1) is 6.54 Å². The lowest BCUT2D eigenvalue weighted by Crippen LogP contribution is -2.45. The van der Waals surface area contributed by atoms with Crippen LogP contribution in [0.15, 0.2) is 29.3 Å². The number of guanidine groups is 1. The third-order valence-corrected chi connectivity index (χ3v) is 4.01. The average molecular weight is 448 g/mol. The van der Waals surface area contributed by atoms with Crippen LogP contribution in [0.5, 0.6) is 0 Å². The van der Waals surface area contributed by atoms with E-state index in [1.54, 1.807) is 25.2 Å². The molecule has 0 saturated heterocycles. The van der Waals surface area contributed by atoms with Crippen molar-refractivity contribution in [3.8, 4) is 0 Å². The number of nitrogens with one attached hydrogen (secondary N) is 3. The molecule has 0 aliphatic heterocycles. The summed E-state index contributed by atoms with van der Waals surface area (Å²) in [6.07, 6.45) is 5.75. The number of amides is 1. The first-order valence-corrected chi connectivity index (χ1v) is 8.16. The zero-order chi connectivity index (χ0) is 16.5. The van der Waals surface area contributed by atoms with Crippen molar-refractivity contribution in [1.82, 2.24) is 16.0 Å². The number of carbonyl (C=O) groups is 1. The van der Waals surface area contributed by atoms with Gasteiger partial charge in [0.25, 0.3) is 0 Å². The molecule has 3 N–H and O–H groups in total. The SMILES string of the molecule is CN=C(NCC(=O)NC1CCCCC1)NCc1ccccc1F.I. The molecule has 0 bridgehead atoms. The fourth-order valence-corrected chi connectivity index (χ4v) is 2.73. The molecule has 7 heteroatoms. The summed E-state index contributed by atoms with van der Waals surface area (Å²) in [5, 5.41) is 8.99. The molecule has 1 amide bonds. The zero-order valence-corrected chi connectivity index (χ0v) is 16.3. The molecule has 1 saturated carbocycles. The summed E-state index contributed by atoms with van der Waals surface area (Å²) in [4.78, 5) is 16.0. The Bertz CT molecular complexity index is 547. The molecule has 0 radical (unpaired) electrons. The third kappa shape index (κ3) is 7.02. The second-order valence-electron chi connectivity index (χ2n) is 5.77. The molecular weight excluding hydrogens is 422 g/mol. The Labute approximate surface area is 159 Å². The van der Waals surface area contributed by atoms with Gasteiger partial charge < -0.3 is 16.0 Å². The van der Waals surface area contributed by atoms with Crippen LogP contribution in [0.25, 0.3) is 0 Å². The highest BCUT2D eigenvalue weighted by molar-refractivity contribution is 14.0. The van der Waals surface area contributed by atoms with Crippen LogP contribution in [0.1, 0.15) is 37.7 Å². The van der Waals surface area contributed by atoms with Crippen LogP contribution in [0.4, 0.5) is 4.39 Å². The lowest BCUT2D eigenvalue weighted by atomic mass is 9.95. The minimum atomic E-state index is -0.259. The molecular formula is C17H26FIN4O. The highest BCUT2D eigenvalue weighted by Gasteiger charge is 2.15. The van der Waals surface area contributed by atoms with Gasteiger partial charge in [-0.05, 0) is 18.9 Å². The maximum Gasteiger partial charge on any atom is 0.239 e.